The second-order valence-electron chi connectivity index (χ2n) is 9.84. The van der Waals surface area contributed by atoms with Gasteiger partial charge in [0.05, 0.1) is 19.2 Å². The number of nitrogens with one attached hydrogen (secondary N) is 1. The Labute approximate surface area is 222 Å². The molecule has 1 aromatic heterocycles. The van der Waals surface area contributed by atoms with Crippen LogP contribution >= 0.6 is 0 Å². The number of carbonyl (C=O) groups is 2. The first kappa shape index (κ1) is 26.7. The maximum absolute atomic E-state index is 14.1. The van der Waals surface area contributed by atoms with Gasteiger partial charge in [0.1, 0.15) is 29.6 Å². The minimum absolute atomic E-state index is 0.114. The number of para-hydroxylation sites is 1. The van der Waals surface area contributed by atoms with Gasteiger partial charge in [-0.25, -0.2) is 4.68 Å². The molecular formula is C29H33N5O4. The van der Waals surface area contributed by atoms with Crippen molar-refractivity contribution in [2.24, 2.45) is 0 Å². The summed E-state index contributed by atoms with van der Waals surface area (Å²) in [5, 5.41) is 11.4. The Bertz CT molecular complexity index is 1410. The molecule has 1 atom stereocenters. The number of hydrogen-bond acceptors (Lipinski definition) is 6. The summed E-state index contributed by atoms with van der Waals surface area (Å²) in [6, 6.07) is 20.8. The monoisotopic (exact) mass is 515 g/mol. The van der Waals surface area contributed by atoms with E-state index in [1.165, 1.54) is 4.90 Å². The van der Waals surface area contributed by atoms with Crippen LogP contribution < -0.4 is 19.7 Å². The van der Waals surface area contributed by atoms with Gasteiger partial charge >= 0.3 is 0 Å². The third-order valence-corrected chi connectivity index (χ3v) is 5.81. The summed E-state index contributed by atoms with van der Waals surface area (Å²) >= 11 is 0. The second-order valence-corrected chi connectivity index (χ2v) is 9.84. The molecule has 0 aliphatic carbocycles. The summed E-state index contributed by atoms with van der Waals surface area (Å²) in [5.41, 5.74) is 2.04. The summed E-state index contributed by atoms with van der Waals surface area (Å²) in [7, 11) is 1.56. The van der Waals surface area contributed by atoms with Gasteiger partial charge < -0.3 is 14.8 Å². The van der Waals surface area contributed by atoms with Gasteiger partial charge in [-0.1, -0.05) is 29.5 Å². The molecule has 0 aliphatic heterocycles. The number of nitrogens with zero attached hydrogens (tertiary/aromatic N) is 4. The van der Waals surface area contributed by atoms with Crippen LogP contribution in [0, 0.1) is 0 Å². The third-order valence-electron chi connectivity index (χ3n) is 5.81. The van der Waals surface area contributed by atoms with Crippen molar-refractivity contribution in [1.82, 2.24) is 20.3 Å². The van der Waals surface area contributed by atoms with Crippen LogP contribution in [0.25, 0.3) is 11.0 Å². The number of anilines is 1. The Balaban J connectivity index is 1.83. The van der Waals surface area contributed by atoms with Gasteiger partial charge in [0, 0.05) is 11.2 Å². The highest BCUT2D eigenvalue weighted by atomic mass is 16.5. The second kappa shape index (κ2) is 11.3. The van der Waals surface area contributed by atoms with Crippen LogP contribution in [0.5, 0.6) is 11.5 Å². The molecule has 0 saturated heterocycles. The number of aromatic nitrogens is 3. The average molecular weight is 516 g/mol. The van der Waals surface area contributed by atoms with Gasteiger partial charge in [0.15, 0.2) is 0 Å². The number of amides is 2. The summed E-state index contributed by atoms with van der Waals surface area (Å²) in [4.78, 5) is 29.5. The number of ether oxygens (including phenoxy) is 2. The van der Waals surface area contributed by atoms with E-state index in [0.29, 0.717) is 34.9 Å². The number of fused-ring (bicyclic) bond motifs is 1. The number of methoxy groups -OCH3 is 1. The standard InChI is InChI=1S/C29H33N5O4/c1-6-38-22-16-14-21(15-17-22)34(26(35)19-33-25-13-8-7-12-24(25)31-32-33)27(28(36)30-29(2,3)4)20-10-9-11-23(18-20)37-5/h7-18,27H,6,19H2,1-5H3,(H,30,36)/t27-/m0/s1. The lowest BCUT2D eigenvalue weighted by atomic mass is 10.0. The topological polar surface area (TPSA) is 98.6 Å². The number of hydrogen-bond donors (Lipinski definition) is 1. The maximum Gasteiger partial charge on any atom is 0.249 e. The van der Waals surface area contributed by atoms with Gasteiger partial charge in [-0.15, -0.1) is 5.10 Å². The lowest BCUT2D eigenvalue weighted by Gasteiger charge is -2.34. The minimum atomic E-state index is -0.982. The molecule has 0 bridgehead atoms. The van der Waals surface area contributed by atoms with Gasteiger partial charge in [0.25, 0.3) is 0 Å². The van der Waals surface area contributed by atoms with Crippen molar-refractivity contribution in [1.29, 1.82) is 0 Å². The van der Waals surface area contributed by atoms with Crippen LogP contribution in [-0.4, -0.2) is 46.1 Å². The van der Waals surface area contributed by atoms with E-state index in [9.17, 15) is 9.59 Å². The molecule has 1 heterocycles. The molecule has 198 valence electrons. The average Bonchev–Trinajstić information content (AvgIpc) is 3.29. The van der Waals surface area contributed by atoms with Gasteiger partial charge in [-0.3, -0.25) is 14.5 Å². The van der Waals surface area contributed by atoms with Crippen molar-refractivity contribution in [2.75, 3.05) is 18.6 Å². The van der Waals surface area contributed by atoms with E-state index >= 15 is 0 Å². The smallest absolute Gasteiger partial charge is 0.249 e. The van der Waals surface area contributed by atoms with Crippen molar-refractivity contribution < 1.29 is 19.1 Å². The predicted molar refractivity (Wildman–Crippen MR) is 146 cm³/mol. The first-order chi connectivity index (χ1) is 18.2. The first-order valence-electron chi connectivity index (χ1n) is 12.5. The molecule has 1 N–H and O–H groups in total. The number of benzene rings is 3. The van der Waals surface area contributed by atoms with Gasteiger partial charge in [-0.2, -0.15) is 0 Å². The molecular weight excluding hydrogens is 482 g/mol. The van der Waals surface area contributed by atoms with E-state index in [0.717, 1.165) is 5.52 Å². The molecule has 3 aromatic carbocycles. The SMILES string of the molecule is CCOc1ccc(N(C(=O)Cn2nnc3ccccc32)[C@H](C(=O)NC(C)(C)C)c2cccc(OC)c2)cc1. The zero-order chi connectivity index (χ0) is 27.3. The quantitative estimate of drug-likeness (QED) is 0.352. The molecule has 4 aromatic rings. The zero-order valence-electron chi connectivity index (χ0n) is 22.3. The molecule has 0 unspecified atom stereocenters. The Morgan fingerprint density at radius 1 is 1.00 bits per heavy atom. The molecule has 0 fully saturated rings. The summed E-state index contributed by atoms with van der Waals surface area (Å²) in [5.74, 6) is 0.596. The highest BCUT2D eigenvalue weighted by Gasteiger charge is 2.35. The van der Waals surface area contributed by atoms with Crippen LogP contribution in [0.15, 0.2) is 72.8 Å². The molecule has 2 amide bonds. The van der Waals surface area contributed by atoms with Crippen LogP contribution in [0.2, 0.25) is 0 Å². The van der Waals surface area contributed by atoms with E-state index in [1.807, 2.05) is 58.0 Å². The Hall–Kier alpha value is -4.40. The van der Waals surface area contributed by atoms with Crippen LogP contribution in [0.4, 0.5) is 5.69 Å². The molecule has 4 rings (SSSR count). The zero-order valence-corrected chi connectivity index (χ0v) is 22.3. The molecule has 0 radical (unpaired) electrons. The normalized spacial score (nSPS) is 12.1. The van der Waals surface area contributed by atoms with Crippen molar-refractivity contribution >= 4 is 28.5 Å². The van der Waals surface area contributed by atoms with Crippen LogP contribution in [0.3, 0.4) is 0 Å². The largest absolute Gasteiger partial charge is 0.497 e. The molecule has 9 heteroatoms. The Morgan fingerprint density at radius 3 is 2.42 bits per heavy atom. The summed E-state index contributed by atoms with van der Waals surface area (Å²) < 4.78 is 12.6. The van der Waals surface area contributed by atoms with Crippen molar-refractivity contribution in [3.63, 3.8) is 0 Å². The fourth-order valence-electron chi connectivity index (χ4n) is 4.21. The Morgan fingerprint density at radius 2 is 1.74 bits per heavy atom. The van der Waals surface area contributed by atoms with Crippen LogP contribution in [0.1, 0.15) is 39.3 Å². The molecule has 0 spiro atoms. The fourth-order valence-corrected chi connectivity index (χ4v) is 4.21. The highest BCUT2D eigenvalue weighted by Crippen LogP contribution is 2.32. The Kier molecular flexibility index (Phi) is 7.95. The molecule has 38 heavy (non-hydrogen) atoms. The van der Waals surface area contributed by atoms with Crippen LogP contribution in [-0.2, 0) is 16.1 Å². The lowest BCUT2D eigenvalue weighted by molar-refractivity contribution is -0.128. The molecule has 0 aliphatic rings. The van der Waals surface area contributed by atoms with Crippen molar-refractivity contribution in [3.8, 4) is 11.5 Å². The van der Waals surface area contributed by atoms with Crippen molar-refractivity contribution in [2.45, 2.75) is 45.8 Å². The summed E-state index contributed by atoms with van der Waals surface area (Å²) in [6.07, 6.45) is 0. The predicted octanol–water partition coefficient (Wildman–Crippen LogP) is 4.53. The minimum Gasteiger partial charge on any atom is -0.497 e. The van der Waals surface area contributed by atoms with E-state index < -0.39 is 11.6 Å². The highest BCUT2D eigenvalue weighted by molar-refractivity contribution is 6.01. The molecule has 9 nitrogen and oxygen atoms in total. The van der Waals surface area contributed by atoms with E-state index in [2.05, 4.69) is 15.6 Å². The van der Waals surface area contributed by atoms with E-state index in [1.54, 1.807) is 54.3 Å². The van der Waals surface area contributed by atoms with Crippen molar-refractivity contribution in [3.05, 3.63) is 78.4 Å². The summed E-state index contributed by atoms with van der Waals surface area (Å²) in [6.45, 7) is 8.01. The van der Waals surface area contributed by atoms with Gasteiger partial charge in [-0.05, 0) is 81.8 Å². The first-order valence-corrected chi connectivity index (χ1v) is 12.5. The maximum atomic E-state index is 14.1. The third kappa shape index (κ3) is 6.11. The fraction of sp³-hybridized carbons (Fsp3) is 0.310. The van der Waals surface area contributed by atoms with Gasteiger partial charge in [0.2, 0.25) is 11.8 Å². The number of rotatable bonds is 9. The number of carbonyl (C=O) groups excluding carboxylic acids is 2. The van der Waals surface area contributed by atoms with E-state index in [-0.39, 0.29) is 18.4 Å². The van der Waals surface area contributed by atoms with E-state index in [4.69, 9.17) is 9.47 Å². The molecule has 0 saturated carbocycles. The lowest BCUT2D eigenvalue weighted by Crippen LogP contribution is -2.50.